The number of nitrogens with zero attached hydrogens (tertiary/aromatic N) is 2. The molecule has 29 heavy (non-hydrogen) atoms. The standard InChI is InChI=1S/C23H22N2O3S/c1-3-27-17-9-7-15(8-10-17)19-13-20-18-5-4-6-21(26-2)22(18)28-23(25(20)24-19)16-11-12-29-14-16/h4-12,14,20,23H,3,13H2,1-2H3. The van der Waals surface area contributed by atoms with Crippen molar-refractivity contribution in [3.8, 4) is 17.2 Å². The molecule has 0 radical (unpaired) electrons. The zero-order valence-corrected chi connectivity index (χ0v) is 17.2. The Morgan fingerprint density at radius 1 is 1.17 bits per heavy atom. The Labute approximate surface area is 174 Å². The number of hydrogen-bond acceptors (Lipinski definition) is 6. The van der Waals surface area contributed by atoms with Crippen molar-refractivity contribution in [2.75, 3.05) is 13.7 Å². The third kappa shape index (κ3) is 3.13. The van der Waals surface area contributed by atoms with Crippen LogP contribution in [-0.2, 0) is 0 Å². The van der Waals surface area contributed by atoms with Crippen molar-refractivity contribution >= 4 is 17.0 Å². The van der Waals surface area contributed by atoms with Crippen molar-refractivity contribution in [1.82, 2.24) is 5.01 Å². The maximum atomic E-state index is 6.43. The minimum Gasteiger partial charge on any atom is -0.494 e. The molecule has 0 spiro atoms. The number of thiophene rings is 1. The van der Waals surface area contributed by atoms with E-state index in [1.807, 2.05) is 31.2 Å². The fraction of sp³-hybridized carbons (Fsp3) is 0.261. The second-order valence-electron chi connectivity index (χ2n) is 7.01. The van der Waals surface area contributed by atoms with Crippen molar-refractivity contribution in [3.63, 3.8) is 0 Å². The topological polar surface area (TPSA) is 43.3 Å². The van der Waals surface area contributed by atoms with Crippen LogP contribution in [-0.4, -0.2) is 24.4 Å². The molecule has 3 heterocycles. The summed E-state index contributed by atoms with van der Waals surface area (Å²) in [5.41, 5.74) is 4.38. The minimum absolute atomic E-state index is 0.111. The molecule has 3 aromatic rings. The minimum atomic E-state index is -0.268. The molecule has 6 heteroatoms. The number of methoxy groups -OCH3 is 1. The third-order valence-corrected chi connectivity index (χ3v) is 6.03. The van der Waals surface area contributed by atoms with Crippen LogP contribution in [0, 0.1) is 0 Å². The summed E-state index contributed by atoms with van der Waals surface area (Å²) in [5.74, 6) is 2.45. The highest BCUT2D eigenvalue weighted by atomic mass is 32.1. The van der Waals surface area contributed by atoms with Crippen LogP contribution in [0.3, 0.4) is 0 Å². The Bertz CT molecular complexity index is 1030. The van der Waals surface area contributed by atoms with E-state index in [0.29, 0.717) is 6.61 Å². The second kappa shape index (κ2) is 7.44. The van der Waals surface area contributed by atoms with Crippen molar-refractivity contribution in [1.29, 1.82) is 0 Å². The van der Waals surface area contributed by atoms with E-state index in [-0.39, 0.29) is 12.3 Å². The highest BCUT2D eigenvalue weighted by Crippen LogP contribution is 2.50. The number of hydrazone groups is 1. The summed E-state index contributed by atoms with van der Waals surface area (Å²) in [6.45, 7) is 2.65. The molecule has 2 aliphatic heterocycles. The van der Waals surface area contributed by atoms with Gasteiger partial charge < -0.3 is 14.2 Å². The SMILES string of the molecule is CCOc1ccc(C2=NN3C(C2)c2cccc(OC)c2OC3c2ccsc2)cc1. The van der Waals surface area contributed by atoms with Gasteiger partial charge in [-0.15, -0.1) is 0 Å². The lowest BCUT2D eigenvalue weighted by molar-refractivity contribution is -0.0206. The van der Waals surface area contributed by atoms with Gasteiger partial charge in [0, 0.05) is 17.5 Å². The Morgan fingerprint density at radius 3 is 2.76 bits per heavy atom. The van der Waals surface area contributed by atoms with Gasteiger partial charge in [-0.25, -0.2) is 5.01 Å². The van der Waals surface area contributed by atoms with Gasteiger partial charge in [0.2, 0.25) is 6.23 Å². The largest absolute Gasteiger partial charge is 0.494 e. The van der Waals surface area contributed by atoms with E-state index >= 15 is 0 Å². The average molecular weight is 407 g/mol. The van der Waals surface area contributed by atoms with Crippen LogP contribution in [0.4, 0.5) is 0 Å². The van der Waals surface area contributed by atoms with Crippen LogP contribution in [0.15, 0.2) is 64.4 Å². The maximum absolute atomic E-state index is 6.43. The Kier molecular flexibility index (Phi) is 4.64. The molecule has 2 atom stereocenters. The lowest BCUT2D eigenvalue weighted by Crippen LogP contribution is -2.33. The maximum Gasteiger partial charge on any atom is 0.214 e. The fourth-order valence-corrected chi connectivity index (χ4v) is 4.63. The van der Waals surface area contributed by atoms with Gasteiger partial charge in [-0.3, -0.25) is 0 Å². The van der Waals surface area contributed by atoms with E-state index in [4.69, 9.17) is 19.3 Å². The van der Waals surface area contributed by atoms with Crippen molar-refractivity contribution < 1.29 is 14.2 Å². The quantitative estimate of drug-likeness (QED) is 0.569. The van der Waals surface area contributed by atoms with E-state index in [1.165, 1.54) is 0 Å². The molecule has 0 saturated carbocycles. The Hall–Kier alpha value is -2.99. The molecule has 2 unspecified atom stereocenters. The molecule has 0 saturated heterocycles. The van der Waals surface area contributed by atoms with E-state index in [1.54, 1.807) is 18.4 Å². The van der Waals surface area contributed by atoms with E-state index in [9.17, 15) is 0 Å². The Morgan fingerprint density at radius 2 is 2.03 bits per heavy atom. The van der Waals surface area contributed by atoms with E-state index in [2.05, 4.69) is 40.0 Å². The predicted octanol–water partition coefficient (Wildman–Crippen LogP) is 5.40. The van der Waals surface area contributed by atoms with Crippen molar-refractivity contribution in [2.24, 2.45) is 5.10 Å². The molecule has 0 bridgehead atoms. The van der Waals surface area contributed by atoms with Gasteiger partial charge in [0.15, 0.2) is 11.5 Å². The van der Waals surface area contributed by atoms with Crippen LogP contribution in [0.2, 0.25) is 0 Å². The summed E-state index contributed by atoms with van der Waals surface area (Å²) >= 11 is 1.66. The van der Waals surface area contributed by atoms with Crippen LogP contribution in [0.25, 0.3) is 0 Å². The van der Waals surface area contributed by atoms with Crippen LogP contribution >= 0.6 is 11.3 Å². The predicted molar refractivity (Wildman–Crippen MR) is 114 cm³/mol. The normalized spacial score (nSPS) is 19.8. The summed E-state index contributed by atoms with van der Waals surface area (Å²) in [5, 5.41) is 11.3. The first-order chi connectivity index (χ1) is 14.3. The lowest BCUT2D eigenvalue weighted by Gasteiger charge is -2.38. The van der Waals surface area contributed by atoms with Gasteiger partial charge in [0.1, 0.15) is 5.75 Å². The molecule has 5 rings (SSSR count). The third-order valence-electron chi connectivity index (χ3n) is 5.33. The average Bonchev–Trinajstić information content (AvgIpc) is 3.44. The van der Waals surface area contributed by atoms with Crippen molar-refractivity contribution in [3.05, 3.63) is 76.0 Å². The van der Waals surface area contributed by atoms with Crippen LogP contribution in [0.5, 0.6) is 17.2 Å². The number of para-hydroxylation sites is 1. The molecular weight excluding hydrogens is 384 g/mol. The van der Waals surface area contributed by atoms with Crippen LogP contribution < -0.4 is 14.2 Å². The molecular formula is C23H22N2O3S. The molecule has 5 nitrogen and oxygen atoms in total. The molecule has 2 aliphatic rings. The summed E-state index contributed by atoms with van der Waals surface area (Å²) in [4.78, 5) is 0. The fourth-order valence-electron chi connectivity index (χ4n) is 3.96. The van der Waals surface area contributed by atoms with Crippen molar-refractivity contribution in [2.45, 2.75) is 25.6 Å². The molecule has 0 amide bonds. The molecule has 0 fully saturated rings. The smallest absolute Gasteiger partial charge is 0.214 e. The number of hydrogen-bond donors (Lipinski definition) is 0. The highest BCUT2D eigenvalue weighted by molar-refractivity contribution is 7.07. The first-order valence-corrected chi connectivity index (χ1v) is 10.7. The number of ether oxygens (including phenoxy) is 3. The van der Waals surface area contributed by atoms with Gasteiger partial charge in [0.25, 0.3) is 0 Å². The number of rotatable bonds is 5. The van der Waals surface area contributed by atoms with Gasteiger partial charge in [0.05, 0.1) is 25.5 Å². The lowest BCUT2D eigenvalue weighted by atomic mass is 9.96. The zero-order valence-electron chi connectivity index (χ0n) is 16.4. The molecule has 0 aliphatic carbocycles. The summed E-state index contributed by atoms with van der Waals surface area (Å²) in [7, 11) is 1.68. The van der Waals surface area contributed by atoms with Crippen LogP contribution in [0.1, 0.15) is 42.3 Å². The number of fused-ring (bicyclic) bond motifs is 3. The highest BCUT2D eigenvalue weighted by Gasteiger charge is 2.42. The van der Waals surface area contributed by atoms with Gasteiger partial charge >= 0.3 is 0 Å². The molecule has 2 aromatic carbocycles. The first-order valence-electron chi connectivity index (χ1n) is 9.73. The summed E-state index contributed by atoms with van der Waals surface area (Å²) in [6.07, 6.45) is 0.549. The monoisotopic (exact) mass is 406 g/mol. The van der Waals surface area contributed by atoms with Gasteiger partial charge in [-0.2, -0.15) is 16.4 Å². The number of benzene rings is 2. The van der Waals surface area contributed by atoms with Gasteiger partial charge in [-0.05, 0) is 59.6 Å². The summed E-state index contributed by atoms with van der Waals surface area (Å²) in [6, 6.07) is 16.4. The first kappa shape index (κ1) is 18.1. The molecule has 1 aromatic heterocycles. The zero-order chi connectivity index (χ0) is 19.8. The van der Waals surface area contributed by atoms with E-state index in [0.717, 1.165) is 46.1 Å². The Balaban J connectivity index is 1.54. The van der Waals surface area contributed by atoms with Gasteiger partial charge in [-0.1, -0.05) is 12.1 Å². The molecule has 0 N–H and O–H groups in total. The van der Waals surface area contributed by atoms with E-state index < -0.39 is 0 Å². The second-order valence-corrected chi connectivity index (χ2v) is 7.79. The molecule has 148 valence electrons. The summed E-state index contributed by atoms with van der Waals surface area (Å²) < 4.78 is 17.6.